The SMILES string of the molecule is CSc1ccccc1N=CNc1ccccc1SC. The average Bonchev–Trinajstić information content (AvgIpc) is 2.48. The van der Waals surface area contributed by atoms with Crippen LogP contribution in [0.3, 0.4) is 0 Å². The molecule has 19 heavy (non-hydrogen) atoms. The molecule has 0 saturated heterocycles. The van der Waals surface area contributed by atoms with Crippen LogP contribution in [0.1, 0.15) is 0 Å². The van der Waals surface area contributed by atoms with Gasteiger partial charge in [-0.2, -0.15) is 0 Å². The standard InChI is InChI=1S/C15H16N2S2/c1-18-14-9-5-3-7-12(14)16-11-17-13-8-4-6-10-15(13)19-2/h3-11H,1-2H3,(H,16,17). The lowest BCUT2D eigenvalue weighted by atomic mass is 10.3. The molecule has 0 radical (unpaired) electrons. The van der Waals surface area contributed by atoms with Gasteiger partial charge in [-0.15, -0.1) is 23.5 Å². The molecule has 0 bridgehead atoms. The fraction of sp³-hybridized carbons (Fsp3) is 0.133. The van der Waals surface area contributed by atoms with Crippen molar-refractivity contribution < 1.29 is 0 Å². The van der Waals surface area contributed by atoms with Crippen LogP contribution >= 0.6 is 23.5 Å². The first-order valence-electron chi connectivity index (χ1n) is 5.90. The van der Waals surface area contributed by atoms with E-state index in [1.54, 1.807) is 29.9 Å². The predicted molar refractivity (Wildman–Crippen MR) is 88.2 cm³/mol. The summed E-state index contributed by atoms with van der Waals surface area (Å²) in [6, 6.07) is 16.3. The Morgan fingerprint density at radius 2 is 1.53 bits per heavy atom. The van der Waals surface area contributed by atoms with Gasteiger partial charge in [0.15, 0.2) is 0 Å². The maximum atomic E-state index is 4.48. The maximum absolute atomic E-state index is 4.48. The highest BCUT2D eigenvalue weighted by Crippen LogP contribution is 2.27. The summed E-state index contributed by atoms with van der Waals surface area (Å²) in [5.74, 6) is 0. The van der Waals surface area contributed by atoms with Gasteiger partial charge in [0.1, 0.15) is 0 Å². The number of thioether (sulfide) groups is 2. The molecule has 0 aliphatic carbocycles. The van der Waals surface area contributed by atoms with Crippen LogP contribution < -0.4 is 5.32 Å². The van der Waals surface area contributed by atoms with Gasteiger partial charge in [0.05, 0.1) is 17.7 Å². The zero-order valence-electron chi connectivity index (χ0n) is 11.0. The molecule has 2 rings (SSSR count). The molecule has 0 unspecified atom stereocenters. The van der Waals surface area contributed by atoms with Crippen molar-refractivity contribution in [2.75, 3.05) is 17.8 Å². The van der Waals surface area contributed by atoms with E-state index in [0.717, 1.165) is 11.4 Å². The van der Waals surface area contributed by atoms with Gasteiger partial charge in [0, 0.05) is 9.79 Å². The summed E-state index contributed by atoms with van der Waals surface area (Å²) < 4.78 is 0. The molecule has 98 valence electrons. The lowest BCUT2D eigenvalue weighted by Crippen LogP contribution is -1.95. The number of anilines is 1. The van der Waals surface area contributed by atoms with E-state index in [1.165, 1.54) is 9.79 Å². The number of nitrogens with zero attached hydrogens (tertiary/aromatic N) is 1. The first kappa shape index (κ1) is 14.0. The smallest absolute Gasteiger partial charge is 0.0931 e. The molecule has 0 aliphatic heterocycles. The molecule has 2 aromatic carbocycles. The molecular formula is C15H16N2S2. The van der Waals surface area contributed by atoms with E-state index in [0.29, 0.717) is 0 Å². The van der Waals surface area contributed by atoms with Crippen LogP contribution in [0.25, 0.3) is 0 Å². The molecule has 0 aromatic heterocycles. The summed E-state index contributed by atoms with van der Waals surface area (Å²) in [4.78, 5) is 6.88. The van der Waals surface area contributed by atoms with Gasteiger partial charge in [-0.3, -0.25) is 0 Å². The van der Waals surface area contributed by atoms with Crippen molar-refractivity contribution in [1.29, 1.82) is 0 Å². The molecule has 0 amide bonds. The number of nitrogens with one attached hydrogen (secondary N) is 1. The van der Waals surface area contributed by atoms with Crippen molar-refractivity contribution in [2.45, 2.75) is 9.79 Å². The zero-order chi connectivity index (χ0) is 13.5. The molecular weight excluding hydrogens is 272 g/mol. The largest absolute Gasteiger partial charge is 0.345 e. The monoisotopic (exact) mass is 288 g/mol. The Hall–Kier alpha value is -1.39. The van der Waals surface area contributed by atoms with Gasteiger partial charge in [-0.25, -0.2) is 4.99 Å². The second-order valence-electron chi connectivity index (χ2n) is 3.77. The third-order valence-corrected chi connectivity index (χ3v) is 4.20. The van der Waals surface area contributed by atoms with Crippen LogP contribution in [0.4, 0.5) is 11.4 Å². The van der Waals surface area contributed by atoms with Crippen LogP contribution in [0.5, 0.6) is 0 Å². The Morgan fingerprint density at radius 3 is 2.26 bits per heavy atom. The summed E-state index contributed by atoms with van der Waals surface area (Å²) in [6.45, 7) is 0. The van der Waals surface area contributed by atoms with Gasteiger partial charge in [-0.05, 0) is 36.8 Å². The third-order valence-electron chi connectivity index (χ3n) is 2.62. The van der Waals surface area contributed by atoms with Crippen molar-refractivity contribution >= 4 is 41.2 Å². The minimum absolute atomic E-state index is 0.990. The molecule has 0 aliphatic rings. The van der Waals surface area contributed by atoms with E-state index in [4.69, 9.17) is 0 Å². The number of hydrogen-bond acceptors (Lipinski definition) is 3. The van der Waals surface area contributed by atoms with E-state index in [-0.39, 0.29) is 0 Å². The second kappa shape index (κ2) is 7.26. The highest BCUT2D eigenvalue weighted by atomic mass is 32.2. The number of hydrogen-bond donors (Lipinski definition) is 1. The van der Waals surface area contributed by atoms with Crippen molar-refractivity contribution in [3.8, 4) is 0 Å². The van der Waals surface area contributed by atoms with Crippen molar-refractivity contribution in [1.82, 2.24) is 0 Å². The van der Waals surface area contributed by atoms with Crippen molar-refractivity contribution in [3.63, 3.8) is 0 Å². The summed E-state index contributed by atoms with van der Waals surface area (Å²) in [5.41, 5.74) is 2.07. The molecule has 0 spiro atoms. The minimum atomic E-state index is 0.990. The van der Waals surface area contributed by atoms with E-state index in [9.17, 15) is 0 Å². The van der Waals surface area contributed by atoms with Gasteiger partial charge in [-0.1, -0.05) is 24.3 Å². The maximum Gasteiger partial charge on any atom is 0.0931 e. The summed E-state index contributed by atoms with van der Waals surface area (Å²) in [6.07, 6.45) is 5.88. The second-order valence-corrected chi connectivity index (χ2v) is 5.47. The Kier molecular flexibility index (Phi) is 5.36. The fourth-order valence-corrected chi connectivity index (χ4v) is 2.78. The van der Waals surface area contributed by atoms with E-state index >= 15 is 0 Å². The first-order valence-corrected chi connectivity index (χ1v) is 8.35. The predicted octanol–water partition coefficient (Wildman–Crippen LogP) is 4.90. The number of para-hydroxylation sites is 2. The lowest BCUT2D eigenvalue weighted by molar-refractivity contribution is 1.37. The quantitative estimate of drug-likeness (QED) is 0.481. The highest BCUT2D eigenvalue weighted by Gasteiger charge is 1.98. The Morgan fingerprint density at radius 1 is 0.895 bits per heavy atom. The van der Waals surface area contributed by atoms with Crippen LogP contribution in [0, 0.1) is 0 Å². The van der Waals surface area contributed by atoms with Gasteiger partial charge in [0.25, 0.3) is 0 Å². The van der Waals surface area contributed by atoms with Crippen LogP contribution in [-0.2, 0) is 0 Å². The molecule has 2 aromatic rings. The van der Waals surface area contributed by atoms with Crippen LogP contribution in [0.15, 0.2) is 63.3 Å². The molecule has 0 saturated carbocycles. The highest BCUT2D eigenvalue weighted by molar-refractivity contribution is 7.99. The van der Waals surface area contributed by atoms with Crippen LogP contribution in [-0.4, -0.2) is 18.9 Å². The van der Waals surface area contributed by atoms with Gasteiger partial charge in [0.2, 0.25) is 0 Å². The lowest BCUT2D eigenvalue weighted by Gasteiger charge is -2.06. The van der Waals surface area contributed by atoms with Gasteiger partial charge >= 0.3 is 0 Å². The van der Waals surface area contributed by atoms with E-state index in [1.807, 2.05) is 30.3 Å². The van der Waals surface area contributed by atoms with E-state index < -0.39 is 0 Å². The van der Waals surface area contributed by atoms with Gasteiger partial charge < -0.3 is 5.32 Å². The van der Waals surface area contributed by atoms with E-state index in [2.05, 4.69) is 41.0 Å². The zero-order valence-corrected chi connectivity index (χ0v) is 12.6. The normalized spacial score (nSPS) is 10.8. The number of aliphatic imine (C=N–C) groups is 1. The van der Waals surface area contributed by atoms with Crippen molar-refractivity contribution in [2.24, 2.45) is 4.99 Å². The third kappa shape index (κ3) is 3.78. The molecule has 4 heteroatoms. The first-order chi connectivity index (χ1) is 9.35. The fourth-order valence-electron chi connectivity index (χ4n) is 1.67. The number of benzene rings is 2. The Balaban J connectivity index is 2.11. The average molecular weight is 288 g/mol. The Labute approximate surface area is 122 Å². The molecule has 2 nitrogen and oxygen atoms in total. The molecule has 0 atom stereocenters. The topological polar surface area (TPSA) is 24.4 Å². The number of rotatable bonds is 5. The Bertz CT molecular complexity index is 568. The molecule has 0 heterocycles. The molecule has 1 N–H and O–H groups in total. The molecule has 0 fully saturated rings. The minimum Gasteiger partial charge on any atom is -0.345 e. The summed E-state index contributed by atoms with van der Waals surface area (Å²) in [7, 11) is 0. The summed E-state index contributed by atoms with van der Waals surface area (Å²) >= 11 is 3.42. The van der Waals surface area contributed by atoms with Crippen LogP contribution in [0.2, 0.25) is 0 Å². The van der Waals surface area contributed by atoms with Crippen molar-refractivity contribution in [3.05, 3.63) is 48.5 Å². The summed E-state index contributed by atoms with van der Waals surface area (Å²) in [5, 5.41) is 3.24.